The van der Waals surface area contributed by atoms with Crippen LogP contribution in [0, 0.1) is 6.92 Å². The van der Waals surface area contributed by atoms with Crippen molar-refractivity contribution in [1.29, 1.82) is 0 Å². The molecule has 2 amide bonds. The second-order valence-electron chi connectivity index (χ2n) is 6.46. The zero-order valence-corrected chi connectivity index (χ0v) is 17.2. The molecule has 0 aliphatic heterocycles. The minimum Gasteiger partial charge on any atom is -0.459 e. The fourth-order valence-corrected chi connectivity index (χ4v) is 3.66. The molecule has 0 fully saturated rings. The number of hydrogen-bond donors (Lipinski definition) is 2. The maximum Gasteiger partial charge on any atom is 0.305 e. The van der Waals surface area contributed by atoms with Crippen LogP contribution >= 0.6 is 11.8 Å². The molecule has 0 bridgehead atoms. The quantitative estimate of drug-likeness (QED) is 0.280. The van der Waals surface area contributed by atoms with E-state index in [0.29, 0.717) is 21.9 Å². The van der Waals surface area contributed by atoms with Gasteiger partial charge in [0.1, 0.15) is 5.82 Å². The normalized spacial score (nSPS) is 10.7. The van der Waals surface area contributed by atoms with Crippen LogP contribution in [0.15, 0.2) is 75.4 Å². The molecule has 0 saturated heterocycles. The first kappa shape index (κ1) is 20.4. The molecule has 2 N–H and O–H groups in total. The van der Waals surface area contributed by atoms with Crippen LogP contribution in [0.4, 0.5) is 0 Å². The summed E-state index contributed by atoms with van der Waals surface area (Å²) in [5, 5.41) is 0.769. The van der Waals surface area contributed by atoms with Gasteiger partial charge in [-0.25, -0.2) is 14.5 Å². The summed E-state index contributed by atoms with van der Waals surface area (Å²) in [5.41, 5.74) is 5.62. The average Bonchev–Trinajstić information content (AvgIpc) is 3.32. The zero-order valence-electron chi connectivity index (χ0n) is 16.4. The van der Waals surface area contributed by atoms with Crippen molar-refractivity contribution in [3.63, 3.8) is 0 Å². The SMILES string of the molecule is Cc1cccnc1-n1c(SCC(=O)NNC(=O)c2ccco2)nc2ccccc2c1=O. The van der Waals surface area contributed by atoms with Gasteiger partial charge in [0, 0.05) is 6.20 Å². The van der Waals surface area contributed by atoms with Crippen LogP contribution in [0.25, 0.3) is 16.7 Å². The van der Waals surface area contributed by atoms with E-state index in [1.807, 2.05) is 13.0 Å². The Labute approximate surface area is 180 Å². The van der Waals surface area contributed by atoms with E-state index >= 15 is 0 Å². The van der Waals surface area contributed by atoms with E-state index in [1.54, 1.807) is 42.6 Å². The Kier molecular flexibility index (Phi) is 5.80. The number of furan rings is 1. The Balaban J connectivity index is 1.59. The highest BCUT2D eigenvalue weighted by atomic mass is 32.2. The topological polar surface area (TPSA) is 119 Å². The van der Waals surface area contributed by atoms with E-state index in [1.165, 1.54) is 16.9 Å². The lowest BCUT2D eigenvalue weighted by molar-refractivity contribution is -0.119. The summed E-state index contributed by atoms with van der Waals surface area (Å²) in [7, 11) is 0. The molecule has 156 valence electrons. The molecule has 31 heavy (non-hydrogen) atoms. The number of amides is 2. The number of carbonyl (C=O) groups is 2. The molecular formula is C21H17N5O4S. The third-order valence-electron chi connectivity index (χ3n) is 4.33. The minimum atomic E-state index is -0.576. The van der Waals surface area contributed by atoms with Gasteiger partial charge < -0.3 is 4.42 Å². The maximum atomic E-state index is 13.2. The van der Waals surface area contributed by atoms with Gasteiger partial charge in [-0.05, 0) is 42.8 Å². The molecule has 0 saturated carbocycles. The van der Waals surface area contributed by atoms with Crippen molar-refractivity contribution in [3.05, 3.63) is 82.7 Å². The fraction of sp³-hybridized carbons (Fsp3) is 0.0952. The van der Waals surface area contributed by atoms with Gasteiger partial charge in [0.05, 0.1) is 22.9 Å². The summed E-state index contributed by atoms with van der Waals surface area (Å²) < 4.78 is 6.36. The lowest BCUT2D eigenvalue weighted by atomic mass is 10.2. The lowest BCUT2D eigenvalue weighted by Crippen LogP contribution is -2.42. The first-order valence-electron chi connectivity index (χ1n) is 9.24. The van der Waals surface area contributed by atoms with Crippen LogP contribution < -0.4 is 16.4 Å². The molecule has 0 atom stereocenters. The predicted molar refractivity (Wildman–Crippen MR) is 115 cm³/mol. The molecule has 0 spiro atoms. The molecule has 0 unspecified atom stereocenters. The summed E-state index contributed by atoms with van der Waals surface area (Å²) in [6.45, 7) is 1.84. The molecule has 1 aromatic carbocycles. The number of pyridine rings is 1. The summed E-state index contributed by atoms with van der Waals surface area (Å²) in [5.74, 6) is -0.622. The Morgan fingerprint density at radius 2 is 1.94 bits per heavy atom. The number of fused-ring (bicyclic) bond motifs is 1. The number of benzene rings is 1. The van der Waals surface area contributed by atoms with Gasteiger partial charge in [-0.15, -0.1) is 0 Å². The third-order valence-corrected chi connectivity index (χ3v) is 5.27. The molecule has 3 aromatic heterocycles. The number of hydrogen-bond acceptors (Lipinski definition) is 7. The van der Waals surface area contributed by atoms with Gasteiger partial charge in [0.15, 0.2) is 10.9 Å². The largest absolute Gasteiger partial charge is 0.459 e. The number of thioether (sulfide) groups is 1. The van der Waals surface area contributed by atoms with Crippen LogP contribution in [0.2, 0.25) is 0 Å². The van der Waals surface area contributed by atoms with E-state index in [9.17, 15) is 14.4 Å². The Morgan fingerprint density at radius 1 is 1.10 bits per heavy atom. The summed E-state index contributed by atoms with van der Waals surface area (Å²) >= 11 is 1.06. The zero-order chi connectivity index (χ0) is 21.8. The van der Waals surface area contributed by atoms with Gasteiger partial charge >= 0.3 is 5.91 Å². The molecule has 10 heteroatoms. The number of hydrazine groups is 1. The molecule has 0 aliphatic carbocycles. The van der Waals surface area contributed by atoms with Crippen molar-refractivity contribution in [2.75, 3.05) is 5.75 Å². The van der Waals surface area contributed by atoms with Crippen molar-refractivity contribution in [2.24, 2.45) is 0 Å². The molecule has 9 nitrogen and oxygen atoms in total. The van der Waals surface area contributed by atoms with E-state index in [2.05, 4.69) is 20.8 Å². The molecule has 0 aliphatic rings. The average molecular weight is 435 g/mol. The Bertz CT molecular complexity index is 1320. The summed E-state index contributed by atoms with van der Waals surface area (Å²) in [6.07, 6.45) is 2.95. The second-order valence-corrected chi connectivity index (χ2v) is 7.41. The standard InChI is InChI=1S/C21H17N5O4S/c1-13-6-4-10-22-18(13)26-20(29)14-7-2-3-8-15(14)23-21(26)31-12-17(27)24-25-19(28)16-9-5-11-30-16/h2-11H,12H2,1H3,(H,24,27)(H,25,28). The molecule has 0 radical (unpaired) electrons. The number of carbonyl (C=O) groups excluding carboxylic acids is 2. The number of nitrogens with one attached hydrogen (secondary N) is 2. The van der Waals surface area contributed by atoms with Crippen LogP contribution in [0.5, 0.6) is 0 Å². The highest BCUT2D eigenvalue weighted by Crippen LogP contribution is 2.21. The number of para-hydroxylation sites is 1. The fourth-order valence-electron chi connectivity index (χ4n) is 2.87. The summed E-state index contributed by atoms with van der Waals surface area (Å²) in [4.78, 5) is 46.2. The third kappa shape index (κ3) is 4.33. The smallest absolute Gasteiger partial charge is 0.305 e. The van der Waals surface area contributed by atoms with E-state index < -0.39 is 11.8 Å². The van der Waals surface area contributed by atoms with Crippen LogP contribution in [-0.4, -0.2) is 32.1 Å². The Hall–Kier alpha value is -3.92. The monoisotopic (exact) mass is 435 g/mol. The van der Waals surface area contributed by atoms with E-state index in [0.717, 1.165) is 17.3 Å². The first-order valence-corrected chi connectivity index (χ1v) is 10.2. The maximum absolute atomic E-state index is 13.2. The molecule has 4 rings (SSSR count). The van der Waals surface area contributed by atoms with Gasteiger partial charge in [-0.3, -0.25) is 25.2 Å². The molecule has 3 heterocycles. The van der Waals surface area contributed by atoms with Crippen LogP contribution in [-0.2, 0) is 4.79 Å². The Morgan fingerprint density at radius 3 is 2.71 bits per heavy atom. The van der Waals surface area contributed by atoms with Gasteiger partial charge in [-0.1, -0.05) is 30.0 Å². The van der Waals surface area contributed by atoms with E-state index in [-0.39, 0.29) is 17.1 Å². The molecular weight excluding hydrogens is 418 g/mol. The van der Waals surface area contributed by atoms with Gasteiger partial charge in [0.25, 0.3) is 5.56 Å². The van der Waals surface area contributed by atoms with Crippen molar-refractivity contribution >= 4 is 34.5 Å². The molecule has 4 aromatic rings. The first-order chi connectivity index (χ1) is 15.0. The summed E-state index contributed by atoms with van der Waals surface area (Å²) in [6, 6.07) is 13.7. The number of aromatic nitrogens is 3. The number of nitrogens with zero attached hydrogens (tertiary/aromatic N) is 3. The second kappa shape index (κ2) is 8.84. The van der Waals surface area contributed by atoms with Crippen molar-refractivity contribution in [2.45, 2.75) is 12.1 Å². The van der Waals surface area contributed by atoms with Crippen molar-refractivity contribution < 1.29 is 14.0 Å². The highest BCUT2D eigenvalue weighted by molar-refractivity contribution is 7.99. The lowest BCUT2D eigenvalue weighted by Gasteiger charge is -2.14. The highest BCUT2D eigenvalue weighted by Gasteiger charge is 2.17. The minimum absolute atomic E-state index is 0.0728. The van der Waals surface area contributed by atoms with Gasteiger partial charge in [0.2, 0.25) is 5.91 Å². The van der Waals surface area contributed by atoms with Crippen molar-refractivity contribution in [3.8, 4) is 5.82 Å². The number of aryl methyl sites for hydroxylation is 1. The van der Waals surface area contributed by atoms with Gasteiger partial charge in [-0.2, -0.15) is 0 Å². The predicted octanol–water partition coefficient (Wildman–Crippen LogP) is 2.24. The number of rotatable bonds is 5. The van der Waals surface area contributed by atoms with Crippen LogP contribution in [0.1, 0.15) is 16.1 Å². The van der Waals surface area contributed by atoms with Crippen LogP contribution in [0.3, 0.4) is 0 Å². The van der Waals surface area contributed by atoms with E-state index in [4.69, 9.17) is 4.42 Å². The van der Waals surface area contributed by atoms with Crippen molar-refractivity contribution in [1.82, 2.24) is 25.4 Å².